The van der Waals surface area contributed by atoms with E-state index in [2.05, 4.69) is 13.8 Å². The van der Waals surface area contributed by atoms with E-state index in [0.717, 1.165) is 5.92 Å². The van der Waals surface area contributed by atoms with Crippen molar-refractivity contribution in [3.05, 3.63) is 0 Å². The number of halogens is 1. The Bertz CT molecular complexity index is 208. The van der Waals surface area contributed by atoms with Gasteiger partial charge in [-0.1, -0.05) is 65.2 Å². The maximum absolute atomic E-state index is 2.33. The normalized spacial score (nSPS) is 22.0. The summed E-state index contributed by atoms with van der Waals surface area (Å²) in [6.07, 6.45) is 19.0. The average Bonchev–Trinajstić information content (AvgIpc) is 2.48. The van der Waals surface area contributed by atoms with Gasteiger partial charge in [0.1, 0.15) is 0 Å². The van der Waals surface area contributed by atoms with Crippen molar-refractivity contribution in [3.63, 3.8) is 0 Å². The molecule has 0 aromatic carbocycles. The molecule has 0 radical (unpaired) electrons. The van der Waals surface area contributed by atoms with Gasteiger partial charge in [0.25, 0.3) is 0 Å². The molecule has 128 valence electrons. The number of rotatable bonds is 12. The summed E-state index contributed by atoms with van der Waals surface area (Å²) in [5.41, 5.74) is 0. The molecule has 1 aliphatic heterocycles. The van der Waals surface area contributed by atoms with Crippen LogP contribution in [0.4, 0.5) is 0 Å². The van der Waals surface area contributed by atoms with Crippen LogP contribution in [0.5, 0.6) is 0 Å². The molecule has 1 fully saturated rings. The number of likely N-dealkylation sites (tertiary alicyclic amines) is 1. The lowest BCUT2D eigenvalue weighted by atomic mass is 9.92. The Morgan fingerprint density at radius 1 is 0.810 bits per heavy atom. The molecule has 1 saturated heterocycles. The summed E-state index contributed by atoms with van der Waals surface area (Å²) in [6, 6.07) is 0. The minimum Gasteiger partial charge on any atom is -1.00 e. The molecular weight excluding hydrogens is 261 g/mol. The van der Waals surface area contributed by atoms with Crippen molar-refractivity contribution < 1.29 is 9.60 Å². The van der Waals surface area contributed by atoms with Crippen LogP contribution >= 0.6 is 0 Å². The lowest BCUT2D eigenvalue weighted by molar-refractivity contribution is -0.909. The molecule has 0 aromatic heterocycles. The molecule has 2 unspecified atom stereocenters. The second-order valence-corrected chi connectivity index (χ2v) is 7.08. The van der Waals surface area contributed by atoms with Gasteiger partial charge < -0.3 is 9.60 Å². The Morgan fingerprint density at radius 2 is 1.43 bits per heavy atom. The van der Waals surface area contributed by atoms with E-state index in [-0.39, 0.29) is 4.70 Å². The van der Waals surface area contributed by atoms with Gasteiger partial charge in [0, 0.05) is 5.92 Å². The number of unbranched alkanes of at least 4 members (excludes halogenated alkanes) is 8. The standard InChI is InChI=1S/C19H39N.FH/c1-3-5-7-8-9-10-11-12-16-20-17-13-15-19(18-20)14-6-4-2;/h19H,3-18H2,1-2H3;1H. The zero-order valence-corrected chi connectivity index (χ0v) is 14.8. The number of piperidine rings is 1. The quantitative estimate of drug-likeness (QED) is 0.523. The Hall–Kier alpha value is -0.110. The first-order chi connectivity index (χ1) is 9.86. The maximum Gasteiger partial charge on any atom is 0.0799 e. The van der Waals surface area contributed by atoms with Crippen molar-refractivity contribution in [2.24, 2.45) is 5.92 Å². The fourth-order valence-corrected chi connectivity index (χ4v) is 3.73. The number of quaternary nitrogens is 1. The number of hydrogen-bond acceptors (Lipinski definition) is 0. The van der Waals surface area contributed by atoms with Crippen molar-refractivity contribution in [1.29, 1.82) is 0 Å². The molecule has 0 aromatic rings. The van der Waals surface area contributed by atoms with E-state index in [1.807, 2.05) is 4.90 Å². The van der Waals surface area contributed by atoms with Crippen LogP contribution in [-0.4, -0.2) is 19.6 Å². The smallest absolute Gasteiger partial charge is 0.0799 e. The van der Waals surface area contributed by atoms with Crippen LogP contribution in [0.1, 0.15) is 97.3 Å². The van der Waals surface area contributed by atoms with Crippen molar-refractivity contribution in [1.82, 2.24) is 0 Å². The maximum atomic E-state index is 2.33. The Labute approximate surface area is 133 Å². The predicted molar refractivity (Wildman–Crippen MR) is 90.4 cm³/mol. The van der Waals surface area contributed by atoms with E-state index in [0.29, 0.717) is 0 Å². The van der Waals surface area contributed by atoms with Gasteiger partial charge in [-0.05, 0) is 32.1 Å². The molecule has 2 heteroatoms. The summed E-state index contributed by atoms with van der Waals surface area (Å²) in [5.74, 6) is 1.05. The fourth-order valence-electron chi connectivity index (χ4n) is 3.73. The zero-order chi connectivity index (χ0) is 14.5. The minimum absolute atomic E-state index is 0. The van der Waals surface area contributed by atoms with Crippen molar-refractivity contribution in [2.45, 2.75) is 97.3 Å². The van der Waals surface area contributed by atoms with Crippen molar-refractivity contribution in [2.75, 3.05) is 19.6 Å². The molecule has 1 N–H and O–H groups in total. The third-order valence-electron chi connectivity index (χ3n) is 5.07. The van der Waals surface area contributed by atoms with Crippen LogP contribution in [0, 0.1) is 5.92 Å². The minimum atomic E-state index is 0. The first-order valence-electron chi connectivity index (χ1n) is 9.70. The summed E-state index contributed by atoms with van der Waals surface area (Å²) in [4.78, 5) is 1.92. The highest BCUT2D eigenvalue weighted by atomic mass is 19.0. The van der Waals surface area contributed by atoms with E-state index in [9.17, 15) is 0 Å². The molecule has 1 heterocycles. The molecule has 1 aliphatic rings. The SMILES string of the molecule is CCCCCCCCCC[NH+]1CCCC(CCCC)C1.[F-]. The molecule has 0 bridgehead atoms. The highest BCUT2D eigenvalue weighted by Crippen LogP contribution is 2.15. The summed E-state index contributed by atoms with van der Waals surface area (Å²) >= 11 is 0. The number of nitrogens with one attached hydrogen (secondary N) is 1. The second-order valence-electron chi connectivity index (χ2n) is 7.08. The molecule has 0 aliphatic carbocycles. The lowest BCUT2D eigenvalue weighted by Gasteiger charge is -2.30. The summed E-state index contributed by atoms with van der Waals surface area (Å²) in [7, 11) is 0. The average molecular weight is 302 g/mol. The van der Waals surface area contributed by atoms with Crippen LogP contribution in [0.3, 0.4) is 0 Å². The van der Waals surface area contributed by atoms with Gasteiger partial charge >= 0.3 is 0 Å². The van der Waals surface area contributed by atoms with Gasteiger partial charge in [-0.15, -0.1) is 0 Å². The van der Waals surface area contributed by atoms with Crippen molar-refractivity contribution in [3.8, 4) is 0 Å². The monoisotopic (exact) mass is 301 g/mol. The highest BCUT2D eigenvalue weighted by molar-refractivity contribution is 4.61. The van der Waals surface area contributed by atoms with Crippen molar-refractivity contribution >= 4 is 0 Å². The Balaban J connectivity index is 0.00000400. The molecular formula is C19H40FN. The van der Waals surface area contributed by atoms with Crippen LogP contribution in [0.2, 0.25) is 0 Å². The molecule has 0 amide bonds. The van der Waals surface area contributed by atoms with Gasteiger partial charge in [-0.3, -0.25) is 0 Å². The molecule has 0 spiro atoms. The highest BCUT2D eigenvalue weighted by Gasteiger charge is 2.21. The lowest BCUT2D eigenvalue weighted by Crippen LogP contribution is -3.13. The van der Waals surface area contributed by atoms with E-state index in [1.165, 1.54) is 103 Å². The third kappa shape index (κ3) is 11.2. The van der Waals surface area contributed by atoms with Crippen LogP contribution in [0.15, 0.2) is 0 Å². The molecule has 1 rings (SSSR count). The topological polar surface area (TPSA) is 4.44 Å². The molecule has 1 nitrogen and oxygen atoms in total. The van der Waals surface area contributed by atoms with Gasteiger partial charge in [-0.2, -0.15) is 0 Å². The number of hydrogen-bond donors (Lipinski definition) is 1. The van der Waals surface area contributed by atoms with E-state index < -0.39 is 0 Å². The van der Waals surface area contributed by atoms with Crippen LogP contribution in [0.25, 0.3) is 0 Å². The Kier molecular flexibility index (Phi) is 14.7. The third-order valence-corrected chi connectivity index (χ3v) is 5.07. The zero-order valence-electron chi connectivity index (χ0n) is 14.8. The fraction of sp³-hybridized carbons (Fsp3) is 1.00. The molecule has 0 saturated carbocycles. The first kappa shape index (κ1) is 20.9. The van der Waals surface area contributed by atoms with E-state index in [1.54, 1.807) is 0 Å². The summed E-state index contributed by atoms with van der Waals surface area (Å²) in [5, 5.41) is 0. The molecule has 21 heavy (non-hydrogen) atoms. The molecule has 2 atom stereocenters. The van der Waals surface area contributed by atoms with Gasteiger partial charge in [0.2, 0.25) is 0 Å². The summed E-state index contributed by atoms with van der Waals surface area (Å²) < 4.78 is 0. The Morgan fingerprint density at radius 3 is 2.10 bits per heavy atom. The van der Waals surface area contributed by atoms with Crippen LogP contribution < -0.4 is 9.60 Å². The van der Waals surface area contributed by atoms with Gasteiger partial charge in [-0.25, -0.2) is 0 Å². The predicted octanol–water partition coefficient (Wildman–Crippen LogP) is 1.62. The summed E-state index contributed by atoms with van der Waals surface area (Å²) in [6.45, 7) is 9.02. The van der Waals surface area contributed by atoms with Gasteiger partial charge in [0.05, 0.1) is 19.6 Å². The largest absolute Gasteiger partial charge is 1.00 e. The van der Waals surface area contributed by atoms with E-state index in [4.69, 9.17) is 0 Å². The first-order valence-corrected chi connectivity index (χ1v) is 9.70. The van der Waals surface area contributed by atoms with E-state index >= 15 is 0 Å². The van der Waals surface area contributed by atoms with Gasteiger partial charge in [0.15, 0.2) is 0 Å². The van der Waals surface area contributed by atoms with Crippen LogP contribution in [-0.2, 0) is 0 Å². The second kappa shape index (κ2) is 14.8.